The molecule has 0 bridgehead atoms. The topological polar surface area (TPSA) is 162 Å². The summed E-state index contributed by atoms with van der Waals surface area (Å²) in [5.41, 5.74) is -2.80. The Labute approximate surface area is 152 Å². The maximum Gasteiger partial charge on any atom is 0.475 e. The maximum atomic E-state index is 12.3. The number of rotatable bonds is 5. The van der Waals surface area contributed by atoms with Gasteiger partial charge < -0.3 is 14.6 Å². The first kappa shape index (κ1) is 19.9. The fourth-order valence-corrected chi connectivity index (χ4v) is 4.18. The van der Waals surface area contributed by atoms with Crippen LogP contribution in [0.4, 0.5) is 0 Å². The number of hydrogen-bond acceptors (Lipinski definition) is 10. The van der Waals surface area contributed by atoms with Gasteiger partial charge in [-0.2, -0.15) is 5.26 Å². The summed E-state index contributed by atoms with van der Waals surface area (Å²) in [7, 11) is -2.56. The first-order valence-corrected chi connectivity index (χ1v) is 9.41. The van der Waals surface area contributed by atoms with Gasteiger partial charge in [-0.15, -0.1) is 0 Å². The lowest BCUT2D eigenvalue weighted by atomic mass is 9.97. The molecule has 3 heterocycles. The molecule has 1 aromatic rings. The molecule has 12 nitrogen and oxygen atoms in total. The van der Waals surface area contributed by atoms with Crippen LogP contribution in [0.2, 0.25) is 0 Å². The number of nitrogens with one attached hydrogen (secondary N) is 1. The standard InChI is InChI=1S/C14H18N3O9P/c1-22-10-11(19)14(7-24-27(21,25-8-14)23-6-2-4-15)26-12(10)17-5-3-9(18)16-13(17)20/h3,5,10-12,19H,2,6-8H2,1H3,(H,16,18,20)/t10?,11?,12-,14?,27?/m1/s1. The van der Waals surface area contributed by atoms with Crippen molar-refractivity contribution in [3.63, 3.8) is 0 Å². The average Bonchev–Trinajstić information content (AvgIpc) is 2.90. The molecule has 3 atom stereocenters. The fourth-order valence-electron chi connectivity index (χ4n) is 2.89. The van der Waals surface area contributed by atoms with E-state index in [-0.39, 0.29) is 26.2 Å². The smallest absolute Gasteiger partial charge is 0.387 e. The molecular formula is C14H18N3O9P. The van der Waals surface area contributed by atoms with Crippen molar-refractivity contribution in [2.45, 2.75) is 30.5 Å². The van der Waals surface area contributed by atoms with Crippen molar-refractivity contribution in [2.24, 2.45) is 0 Å². The molecule has 2 unspecified atom stereocenters. The Morgan fingerprint density at radius 2 is 2.19 bits per heavy atom. The Kier molecular flexibility index (Phi) is 5.64. The molecular weight excluding hydrogens is 385 g/mol. The highest BCUT2D eigenvalue weighted by atomic mass is 31.2. The lowest BCUT2D eigenvalue weighted by molar-refractivity contribution is -0.166. The van der Waals surface area contributed by atoms with Crippen LogP contribution < -0.4 is 11.2 Å². The molecule has 0 radical (unpaired) electrons. The summed E-state index contributed by atoms with van der Waals surface area (Å²) < 4.78 is 39.7. The summed E-state index contributed by atoms with van der Waals surface area (Å²) in [6.07, 6.45) is -2.15. The minimum Gasteiger partial charge on any atom is -0.387 e. The SMILES string of the molecule is COC1C(O)C2(COP(=O)(OCCC#N)OC2)O[C@H]1n1ccc(=O)[nH]c1=O. The molecule has 0 aliphatic carbocycles. The Bertz CT molecular complexity index is 879. The predicted octanol–water partition coefficient (Wildman–Crippen LogP) is -0.735. The first-order valence-electron chi connectivity index (χ1n) is 7.95. The van der Waals surface area contributed by atoms with Crippen molar-refractivity contribution in [3.8, 4) is 6.07 Å². The van der Waals surface area contributed by atoms with Gasteiger partial charge in [0.1, 0.15) is 17.8 Å². The molecule has 3 rings (SSSR count). The second-order valence-electron chi connectivity index (χ2n) is 5.97. The number of aliphatic hydroxyl groups is 1. The van der Waals surface area contributed by atoms with E-state index in [4.69, 9.17) is 28.3 Å². The molecule has 0 aromatic carbocycles. The number of aromatic amines is 1. The van der Waals surface area contributed by atoms with Crippen molar-refractivity contribution < 1.29 is 32.7 Å². The van der Waals surface area contributed by atoms with Gasteiger partial charge in [0.05, 0.1) is 32.3 Å². The van der Waals surface area contributed by atoms with Gasteiger partial charge in [-0.1, -0.05) is 0 Å². The van der Waals surface area contributed by atoms with Gasteiger partial charge in [-0.25, -0.2) is 9.36 Å². The van der Waals surface area contributed by atoms with Crippen LogP contribution in [0.25, 0.3) is 0 Å². The van der Waals surface area contributed by atoms with Gasteiger partial charge in [0.2, 0.25) is 0 Å². The lowest BCUT2D eigenvalue weighted by Crippen LogP contribution is -2.52. The lowest BCUT2D eigenvalue weighted by Gasteiger charge is -2.37. The molecule has 0 amide bonds. The third-order valence-corrected chi connectivity index (χ3v) is 5.67. The van der Waals surface area contributed by atoms with Crippen LogP contribution in [0.3, 0.4) is 0 Å². The molecule has 2 aliphatic rings. The maximum absolute atomic E-state index is 12.3. The molecule has 1 spiro atoms. The first-order chi connectivity index (χ1) is 12.8. The van der Waals surface area contributed by atoms with Crippen molar-refractivity contribution in [2.75, 3.05) is 26.9 Å². The van der Waals surface area contributed by atoms with E-state index in [1.807, 2.05) is 6.07 Å². The van der Waals surface area contributed by atoms with Crippen LogP contribution in [-0.4, -0.2) is 59.4 Å². The molecule has 2 aliphatic heterocycles. The minimum atomic E-state index is -3.88. The van der Waals surface area contributed by atoms with Crippen LogP contribution in [0.15, 0.2) is 21.9 Å². The van der Waals surface area contributed by atoms with E-state index in [1.54, 1.807) is 0 Å². The number of methoxy groups -OCH3 is 1. The van der Waals surface area contributed by atoms with Crippen LogP contribution >= 0.6 is 7.82 Å². The molecule has 2 fully saturated rings. The quantitative estimate of drug-likeness (QED) is 0.473. The second kappa shape index (κ2) is 7.65. The second-order valence-corrected chi connectivity index (χ2v) is 7.64. The number of hydrogen-bond donors (Lipinski definition) is 2. The molecule has 2 saturated heterocycles. The monoisotopic (exact) mass is 403 g/mol. The van der Waals surface area contributed by atoms with Crippen molar-refractivity contribution >= 4 is 7.82 Å². The van der Waals surface area contributed by atoms with E-state index < -0.39 is 43.1 Å². The zero-order valence-electron chi connectivity index (χ0n) is 14.3. The Morgan fingerprint density at radius 1 is 1.48 bits per heavy atom. The summed E-state index contributed by atoms with van der Waals surface area (Å²) in [5, 5.41) is 19.2. The molecule has 148 valence electrons. The van der Waals surface area contributed by atoms with E-state index in [9.17, 15) is 19.3 Å². The molecule has 0 saturated carbocycles. The van der Waals surface area contributed by atoms with E-state index in [0.717, 1.165) is 10.6 Å². The van der Waals surface area contributed by atoms with E-state index in [1.165, 1.54) is 13.3 Å². The molecule has 13 heteroatoms. The average molecular weight is 403 g/mol. The van der Waals surface area contributed by atoms with Gasteiger partial charge in [0, 0.05) is 19.4 Å². The Balaban J connectivity index is 1.80. The number of phosphoric acid groups is 1. The third-order valence-electron chi connectivity index (χ3n) is 4.28. The number of phosphoric ester groups is 1. The summed E-state index contributed by atoms with van der Waals surface area (Å²) in [4.78, 5) is 25.4. The number of nitriles is 1. The summed E-state index contributed by atoms with van der Waals surface area (Å²) in [6.45, 7) is -0.848. The van der Waals surface area contributed by atoms with Crippen LogP contribution in [0.1, 0.15) is 12.6 Å². The van der Waals surface area contributed by atoms with E-state index in [2.05, 4.69) is 4.98 Å². The van der Waals surface area contributed by atoms with Crippen LogP contribution in [-0.2, 0) is 27.6 Å². The third kappa shape index (κ3) is 3.76. The number of aliphatic hydroxyl groups excluding tert-OH is 1. The van der Waals surface area contributed by atoms with E-state index >= 15 is 0 Å². The minimum absolute atomic E-state index is 0.00390. The number of ether oxygens (including phenoxy) is 2. The van der Waals surface area contributed by atoms with Gasteiger partial charge in [-0.3, -0.25) is 27.9 Å². The Hall–Kier alpha value is -1.84. The zero-order chi connectivity index (χ0) is 19.7. The van der Waals surface area contributed by atoms with Gasteiger partial charge in [-0.05, 0) is 0 Å². The van der Waals surface area contributed by atoms with Gasteiger partial charge >= 0.3 is 13.5 Å². The summed E-state index contributed by atoms with van der Waals surface area (Å²) >= 11 is 0. The summed E-state index contributed by atoms with van der Waals surface area (Å²) in [6, 6.07) is 2.96. The van der Waals surface area contributed by atoms with Crippen LogP contribution in [0.5, 0.6) is 0 Å². The molecule has 2 N–H and O–H groups in total. The highest BCUT2D eigenvalue weighted by Crippen LogP contribution is 2.56. The highest BCUT2D eigenvalue weighted by Gasteiger charge is 2.60. The van der Waals surface area contributed by atoms with Crippen molar-refractivity contribution in [1.82, 2.24) is 9.55 Å². The van der Waals surface area contributed by atoms with Crippen molar-refractivity contribution in [3.05, 3.63) is 33.1 Å². The van der Waals surface area contributed by atoms with Gasteiger partial charge in [0.15, 0.2) is 6.23 Å². The van der Waals surface area contributed by atoms with E-state index in [0.29, 0.717) is 0 Å². The van der Waals surface area contributed by atoms with Crippen molar-refractivity contribution in [1.29, 1.82) is 5.26 Å². The zero-order valence-corrected chi connectivity index (χ0v) is 15.2. The van der Waals surface area contributed by atoms with Crippen LogP contribution in [0, 0.1) is 11.3 Å². The fraction of sp³-hybridized carbons (Fsp3) is 0.643. The summed E-state index contributed by atoms with van der Waals surface area (Å²) in [5.74, 6) is 0. The normalized spacial score (nSPS) is 36.0. The predicted molar refractivity (Wildman–Crippen MR) is 86.7 cm³/mol. The van der Waals surface area contributed by atoms with Gasteiger partial charge in [0.25, 0.3) is 5.56 Å². The number of nitrogens with zero attached hydrogens (tertiary/aromatic N) is 2. The Morgan fingerprint density at radius 3 is 2.78 bits per heavy atom. The molecule has 1 aromatic heterocycles. The molecule has 27 heavy (non-hydrogen) atoms. The highest BCUT2D eigenvalue weighted by molar-refractivity contribution is 7.48. The largest absolute Gasteiger partial charge is 0.475 e. The number of H-pyrrole nitrogens is 1. The number of aromatic nitrogens is 2.